The van der Waals surface area contributed by atoms with Gasteiger partial charge in [0.05, 0.1) is 23.3 Å². The molecule has 2 atom stereocenters. The molecule has 0 bridgehead atoms. The maximum Gasteiger partial charge on any atom is 0.417 e. The summed E-state index contributed by atoms with van der Waals surface area (Å²) in [4.78, 5) is 1.88. The molecule has 0 aliphatic carbocycles. The summed E-state index contributed by atoms with van der Waals surface area (Å²) in [6.45, 7) is 2.88. The summed E-state index contributed by atoms with van der Waals surface area (Å²) in [7, 11) is 0. The molecule has 0 amide bonds. The molecule has 2 heterocycles. The molecule has 24 heavy (non-hydrogen) atoms. The highest BCUT2D eigenvalue weighted by atomic mass is 32.1. The molecule has 0 spiro atoms. The van der Waals surface area contributed by atoms with Crippen LogP contribution in [-0.2, 0) is 10.9 Å². The lowest BCUT2D eigenvalue weighted by atomic mass is 10.0. The van der Waals surface area contributed by atoms with Crippen LogP contribution in [0, 0.1) is 11.3 Å². The first kappa shape index (κ1) is 16.8. The minimum atomic E-state index is -4.55. The number of anilines is 1. The molecule has 0 radical (unpaired) electrons. The van der Waals surface area contributed by atoms with Crippen LogP contribution in [0.4, 0.5) is 18.9 Å². The Morgan fingerprint density at radius 2 is 2.08 bits per heavy atom. The Morgan fingerprint density at radius 3 is 2.71 bits per heavy atom. The van der Waals surface area contributed by atoms with Gasteiger partial charge in [0.2, 0.25) is 0 Å². The molecule has 2 unspecified atom stereocenters. The summed E-state index contributed by atoms with van der Waals surface area (Å²) in [5, 5.41) is 12.8. The third-order valence-corrected chi connectivity index (χ3v) is 4.67. The third kappa shape index (κ3) is 3.40. The molecular weight excluding hydrogens is 337 g/mol. The summed E-state index contributed by atoms with van der Waals surface area (Å²) >= 11 is 1.56. The molecule has 7 heteroatoms. The first-order chi connectivity index (χ1) is 11.4. The number of rotatable bonds is 2. The summed E-state index contributed by atoms with van der Waals surface area (Å²) < 4.78 is 45.4. The van der Waals surface area contributed by atoms with Gasteiger partial charge in [-0.1, -0.05) is 0 Å². The highest BCUT2D eigenvalue weighted by molar-refractivity contribution is 7.07. The van der Waals surface area contributed by atoms with Gasteiger partial charge in [-0.05, 0) is 47.5 Å². The Kier molecular flexibility index (Phi) is 4.52. The second-order valence-corrected chi connectivity index (χ2v) is 6.52. The molecule has 0 saturated carbocycles. The standard InChI is InChI=1S/C17H15F3N2OS/c1-11-8-22(9-16(23-11)13-4-5-24-10-13)14-3-2-12(7-21)15(6-14)17(18,19)20/h2-6,10-11,16H,8-9H2,1H3. The number of nitrogens with zero attached hydrogens (tertiary/aromatic N) is 2. The van der Waals surface area contributed by atoms with Crippen LogP contribution in [0.15, 0.2) is 35.0 Å². The second kappa shape index (κ2) is 6.46. The SMILES string of the molecule is CC1CN(c2ccc(C#N)c(C(F)(F)F)c2)CC(c2ccsc2)O1. The molecule has 126 valence electrons. The van der Waals surface area contributed by atoms with Gasteiger partial charge >= 0.3 is 6.18 Å². The number of alkyl halides is 3. The van der Waals surface area contributed by atoms with Crippen LogP contribution in [0.2, 0.25) is 0 Å². The van der Waals surface area contributed by atoms with Crippen molar-refractivity contribution in [2.45, 2.75) is 25.3 Å². The Bertz CT molecular complexity index is 752. The van der Waals surface area contributed by atoms with E-state index >= 15 is 0 Å². The van der Waals surface area contributed by atoms with E-state index in [0.717, 1.165) is 11.6 Å². The van der Waals surface area contributed by atoms with Crippen molar-refractivity contribution in [3.05, 3.63) is 51.7 Å². The fraction of sp³-hybridized carbons (Fsp3) is 0.353. The average Bonchev–Trinajstić information content (AvgIpc) is 3.07. The van der Waals surface area contributed by atoms with Gasteiger partial charge in [-0.2, -0.15) is 29.8 Å². The molecule has 2 aromatic rings. The average molecular weight is 352 g/mol. The molecule has 1 aromatic heterocycles. The molecule has 3 nitrogen and oxygen atoms in total. The van der Waals surface area contributed by atoms with E-state index in [9.17, 15) is 13.2 Å². The van der Waals surface area contributed by atoms with Crippen molar-refractivity contribution in [2.75, 3.05) is 18.0 Å². The zero-order valence-electron chi connectivity index (χ0n) is 12.9. The molecular formula is C17H15F3N2OS. The quantitative estimate of drug-likeness (QED) is 0.792. The van der Waals surface area contributed by atoms with Crippen molar-refractivity contribution in [3.63, 3.8) is 0 Å². The Labute approximate surface area is 141 Å². The summed E-state index contributed by atoms with van der Waals surface area (Å²) in [6, 6.07) is 7.43. The van der Waals surface area contributed by atoms with Crippen LogP contribution in [0.5, 0.6) is 0 Å². The Balaban J connectivity index is 1.92. The third-order valence-electron chi connectivity index (χ3n) is 3.97. The number of benzene rings is 1. The zero-order valence-corrected chi connectivity index (χ0v) is 13.7. The Hall–Kier alpha value is -2.04. The van der Waals surface area contributed by atoms with E-state index < -0.39 is 11.7 Å². The predicted octanol–water partition coefficient (Wildman–Crippen LogP) is 4.60. The lowest BCUT2D eigenvalue weighted by Gasteiger charge is -2.38. The van der Waals surface area contributed by atoms with Crippen molar-refractivity contribution >= 4 is 17.0 Å². The molecule has 3 rings (SSSR count). The van der Waals surface area contributed by atoms with Gasteiger partial charge in [0, 0.05) is 18.8 Å². The van der Waals surface area contributed by atoms with Gasteiger partial charge in [-0.3, -0.25) is 0 Å². The highest BCUT2D eigenvalue weighted by Gasteiger charge is 2.35. The van der Waals surface area contributed by atoms with Crippen LogP contribution in [0.25, 0.3) is 0 Å². The largest absolute Gasteiger partial charge is 0.417 e. The number of hydrogen-bond acceptors (Lipinski definition) is 4. The molecule has 0 N–H and O–H groups in total. The van der Waals surface area contributed by atoms with E-state index in [4.69, 9.17) is 10.00 Å². The lowest BCUT2D eigenvalue weighted by Crippen LogP contribution is -2.42. The van der Waals surface area contributed by atoms with Crippen LogP contribution in [0.1, 0.15) is 29.7 Å². The van der Waals surface area contributed by atoms with Crippen molar-refractivity contribution < 1.29 is 17.9 Å². The van der Waals surface area contributed by atoms with Crippen LogP contribution in [-0.4, -0.2) is 19.2 Å². The van der Waals surface area contributed by atoms with E-state index in [0.29, 0.717) is 18.8 Å². The van der Waals surface area contributed by atoms with Gasteiger partial charge in [0.15, 0.2) is 0 Å². The second-order valence-electron chi connectivity index (χ2n) is 5.74. The van der Waals surface area contributed by atoms with Crippen molar-refractivity contribution in [2.24, 2.45) is 0 Å². The van der Waals surface area contributed by atoms with E-state index in [1.165, 1.54) is 6.07 Å². The maximum absolute atomic E-state index is 13.2. The van der Waals surface area contributed by atoms with Gasteiger partial charge in [-0.15, -0.1) is 0 Å². The maximum atomic E-state index is 13.2. The van der Waals surface area contributed by atoms with Gasteiger partial charge in [0.25, 0.3) is 0 Å². The van der Waals surface area contributed by atoms with E-state index in [1.54, 1.807) is 23.5 Å². The first-order valence-electron chi connectivity index (χ1n) is 7.42. The summed E-state index contributed by atoms with van der Waals surface area (Å²) in [5.41, 5.74) is 0.230. The number of thiophene rings is 1. The normalized spacial score (nSPS) is 21.5. The number of nitriles is 1. The van der Waals surface area contributed by atoms with Crippen molar-refractivity contribution in [3.8, 4) is 6.07 Å². The summed E-state index contributed by atoms with van der Waals surface area (Å²) in [5.74, 6) is 0. The van der Waals surface area contributed by atoms with Crippen LogP contribution < -0.4 is 4.90 Å². The van der Waals surface area contributed by atoms with Crippen molar-refractivity contribution in [1.29, 1.82) is 5.26 Å². The number of morpholine rings is 1. The highest BCUT2D eigenvalue weighted by Crippen LogP contribution is 2.36. The van der Waals surface area contributed by atoms with Gasteiger partial charge in [0.1, 0.15) is 6.10 Å². The molecule has 1 aromatic carbocycles. The van der Waals surface area contributed by atoms with Crippen LogP contribution in [0.3, 0.4) is 0 Å². The molecule has 1 saturated heterocycles. The fourth-order valence-electron chi connectivity index (χ4n) is 2.87. The minimum Gasteiger partial charge on any atom is -0.367 e. The van der Waals surface area contributed by atoms with E-state index in [-0.39, 0.29) is 17.8 Å². The molecule has 1 aliphatic rings. The Morgan fingerprint density at radius 1 is 1.29 bits per heavy atom. The monoisotopic (exact) mass is 352 g/mol. The van der Waals surface area contributed by atoms with Gasteiger partial charge in [-0.25, -0.2) is 0 Å². The molecule has 1 aliphatic heterocycles. The zero-order chi connectivity index (χ0) is 17.3. The smallest absolute Gasteiger partial charge is 0.367 e. The fourth-order valence-corrected chi connectivity index (χ4v) is 3.57. The van der Waals surface area contributed by atoms with E-state index in [1.807, 2.05) is 28.7 Å². The lowest BCUT2D eigenvalue weighted by molar-refractivity contribution is -0.137. The first-order valence-corrected chi connectivity index (χ1v) is 8.36. The summed E-state index contributed by atoms with van der Waals surface area (Å²) in [6.07, 6.45) is -4.83. The number of ether oxygens (including phenoxy) is 1. The van der Waals surface area contributed by atoms with Crippen LogP contribution >= 0.6 is 11.3 Å². The topological polar surface area (TPSA) is 36.3 Å². The van der Waals surface area contributed by atoms with Gasteiger partial charge < -0.3 is 9.64 Å². The minimum absolute atomic E-state index is 0.103. The van der Waals surface area contributed by atoms with Crippen molar-refractivity contribution in [1.82, 2.24) is 0 Å². The number of hydrogen-bond donors (Lipinski definition) is 0. The predicted molar refractivity (Wildman–Crippen MR) is 86.0 cm³/mol. The number of halogens is 3. The van der Waals surface area contributed by atoms with E-state index in [2.05, 4.69) is 0 Å². The molecule has 1 fully saturated rings.